The van der Waals surface area contributed by atoms with Gasteiger partial charge >= 0.3 is 0 Å². The highest BCUT2D eigenvalue weighted by molar-refractivity contribution is 9.10. The fourth-order valence-corrected chi connectivity index (χ4v) is 1.90. The summed E-state index contributed by atoms with van der Waals surface area (Å²) >= 11 is 3.33. The number of carbonyl (C=O) groups excluding carboxylic acids is 1. The van der Waals surface area contributed by atoms with E-state index in [1.54, 1.807) is 25.3 Å². The molecule has 0 spiro atoms. The fourth-order valence-electron chi connectivity index (χ4n) is 1.49. The van der Waals surface area contributed by atoms with E-state index in [0.29, 0.717) is 17.0 Å². The zero-order chi connectivity index (χ0) is 13.8. The van der Waals surface area contributed by atoms with Crippen molar-refractivity contribution in [1.29, 1.82) is 0 Å². The zero-order valence-corrected chi connectivity index (χ0v) is 11.7. The number of hydrogen-bond acceptors (Lipinski definition) is 3. The van der Waals surface area contributed by atoms with E-state index in [1.165, 1.54) is 18.3 Å². The zero-order valence-electron chi connectivity index (χ0n) is 10.1. The summed E-state index contributed by atoms with van der Waals surface area (Å²) < 4.78 is 5.95. The molecule has 0 aliphatic carbocycles. The van der Waals surface area contributed by atoms with Crippen LogP contribution in [0.4, 0.5) is 5.69 Å². The molecule has 0 saturated carbocycles. The topological polar surface area (TPSA) is 71.2 Å². The molecule has 1 aromatic carbocycles. The van der Waals surface area contributed by atoms with Crippen molar-refractivity contribution >= 4 is 27.5 Å². The Balaban J connectivity index is 2.19. The van der Waals surface area contributed by atoms with Crippen LogP contribution in [0.5, 0.6) is 5.75 Å². The van der Waals surface area contributed by atoms with E-state index >= 15 is 0 Å². The molecule has 2 N–H and O–H groups in total. The molecule has 98 valence electrons. The van der Waals surface area contributed by atoms with Gasteiger partial charge in [0.2, 0.25) is 5.56 Å². The predicted molar refractivity (Wildman–Crippen MR) is 75.7 cm³/mol. The lowest BCUT2D eigenvalue weighted by atomic mass is 10.2. The van der Waals surface area contributed by atoms with Gasteiger partial charge in [-0.25, -0.2) is 0 Å². The molecule has 0 radical (unpaired) electrons. The summed E-state index contributed by atoms with van der Waals surface area (Å²) in [7, 11) is 1.55. The van der Waals surface area contributed by atoms with Crippen LogP contribution >= 0.6 is 15.9 Å². The third kappa shape index (κ3) is 3.23. The van der Waals surface area contributed by atoms with E-state index in [9.17, 15) is 9.59 Å². The van der Waals surface area contributed by atoms with Crippen molar-refractivity contribution in [1.82, 2.24) is 4.98 Å². The van der Waals surface area contributed by atoms with Crippen LogP contribution in [0.3, 0.4) is 0 Å². The van der Waals surface area contributed by atoms with Crippen LogP contribution in [0, 0.1) is 0 Å². The molecule has 0 saturated heterocycles. The van der Waals surface area contributed by atoms with E-state index in [2.05, 4.69) is 26.2 Å². The average molecular weight is 323 g/mol. The van der Waals surface area contributed by atoms with Gasteiger partial charge in [0.15, 0.2) is 0 Å². The number of hydrogen-bond donors (Lipinski definition) is 2. The first-order valence-corrected chi connectivity index (χ1v) is 6.23. The smallest absolute Gasteiger partial charge is 0.257 e. The van der Waals surface area contributed by atoms with Gasteiger partial charge in [-0.2, -0.15) is 0 Å². The lowest BCUT2D eigenvalue weighted by molar-refractivity contribution is 0.102. The van der Waals surface area contributed by atoms with Gasteiger partial charge in [-0.1, -0.05) is 0 Å². The first-order valence-electron chi connectivity index (χ1n) is 5.44. The Morgan fingerprint density at radius 3 is 2.74 bits per heavy atom. The molecule has 1 aromatic heterocycles. The van der Waals surface area contributed by atoms with Crippen molar-refractivity contribution < 1.29 is 9.53 Å². The molecule has 0 unspecified atom stereocenters. The monoisotopic (exact) mass is 322 g/mol. The summed E-state index contributed by atoms with van der Waals surface area (Å²) in [5, 5.41) is 2.72. The van der Waals surface area contributed by atoms with Crippen molar-refractivity contribution in [2.45, 2.75) is 0 Å². The minimum Gasteiger partial charge on any atom is -0.495 e. The maximum Gasteiger partial charge on any atom is 0.257 e. The number of pyridine rings is 1. The van der Waals surface area contributed by atoms with Gasteiger partial charge in [0, 0.05) is 24.0 Å². The van der Waals surface area contributed by atoms with Crippen LogP contribution in [0.1, 0.15) is 10.4 Å². The Bertz CT molecular complexity index is 647. The van der Waals surface area contributed by atoms with Gasteiger partial charge in [-0.05, 0) is 34.1 Å². The normalized spacial score (nSPS) is 10.0. The third-order valence-electron chi connectivity index (χ3n) is 2.46. The Morgan fingerprint density at radius 2 is 2.11 bits per heavy atom. The Morgan fingerprint density at radius 1 is 1.32 bits per heavy atom. The van der Waals surface area contributed by atoms with E-state index in [1.807, 2.05) is 0 Å². The summed E-state index contributed by atoms with van der Waals surface area (Å²) in [4.78, 5) is 25.3. The molecule has 1 heterocycles. The van der Waals surface area contributed by atoms with Gasteiger partial charge in [0.05, 0.1) is 17.1 Å². The van der Waals surface area contributed by atoms with Crippen molar-refractivity contribution in [2.24, 2.45) is 0 Å². The summed E-state index contributed by atoms with van der Waals surface area (Å²) in [6, 6.07) is 7.99. The summed E-state index contributed by atoms with van der Waals surface area (Å²) in [5.41, 5.74) is 0.736. The van der Waals surface area contributed by atoms with E-state index in [4.69, 9.17) is 4.74 Å². The maximum atomic E-state index is 11.9. The highest BCUT2D eigenvalue weighted by Crippen LogP contribution is 2.27. The molecule has 5 nitrogen and oxygen atoms in total. The Kier molecular flexibility index (Phi) is 4.01. The quantitative estimate of drug-likeness (QED) is 0.911. The number of aromatic amines is 1. The first-order chi connectivity index (χ1) is 9.10. The Hall–Kier alpha value is -2.08. The largest absolute Gasteiger partial charge is 0.495 e. The van der Waals surface area contributed by atoms with E-state index in [-0.39, 0.29) is 11.5 Å². The molecular formula is C13H11BrN2O3. The lowest BCUT2D eigenvalue weighted by Crippen LogP contribution is -2.14. The average Bonchev–Trinajstić information content (AvgIpc) is 2.41. The second kappa shape index (κ2) is 5.71. The molecular weight excluding hydrogens is 312 g/mol. The molecule has 0 fully saturated rings. The number of anilines is 1. The molecule has 0 atom stereocenters. The second-order valence-corrected chi connectivity index (χ2v) is 4.60. The number of amides is 1. The second-order valence-electron chi connectivity index (χ2n) is 3.75. The first kappa shape index (κ1) is 13.4. The Labute approximate surface area is 117 Å². The number of carbonyl (C=O) groups is 1. The molecule has 0 aliphatic heterocycles. The lowest BCUT2D eigenvalue weighted by Gasteiger charge is -2.08. The van der Waals surface area contributed by atoms with Gasteiger partial charge < -0.3 is 15.0 Å². The van der Waals surface area contributed by atoms with Gasteiger partial charge in [-0.3, -0.25) is 9.59 Å². The number of halogens is 1. The van der Waals surface area contributed by atoms with Gasteiger partial charge in [0.1, 0.15) is 5.75 Å². The fraction of sp³-hybridized carbons (Fsp3) is 0.0769. The maximum absolute atomic E-state index is 11.9. The van der Waals surface area contributed by atoms with Crippen LogP contribution in [-0.4, -0.2) is 18.0 Å². The minimum absolute atomic E-state index is 0.248. The summed E-state index contributed by atoms with van der Waals surface area (Å²) in [5.74, 6) is 0.319. The number of methoxy groups -OCH3 is 1. The molecule has 6 heteroatoms. The van der Waals surface area contributed by atoms with Crippen LogP contribution in [0.2, 0.25) is 0 Å². The predicted octanol–water partition coefficient (Wildman–Crippen LogP) is 2.40. The van der Waals surface area contributed by atoms with Crippen LogP contribution in [-0.2, 0) is 0 Å². The summed E-state index contributed by atoms with van der Waals surface area (Å²) in [6.45, 7) is 0. The molecule has 2 aromatic rings. The third-order valence-corrected chi connectivity index (χ3v) is 3.11. The van der Waals surface area contributed by atoms with Crippen molar-refractivity contribution in [3.8, 4) is 5.75 Å². The van der Waals surface area contributed by atoms with Crippen LogP contribution < -0.4 is 15.6 Å². The number of rotatable bonds is 3. The van der Waals surface area contributed by atoms with Crippen LogP contribution in [0.15, 0.2) is 45.8 Å². The minimum atomic E-state index is -0.305. The number of benzene rings is 1. The molecule has 0 aliphatic rings. The highest BCUT2D eigenvalue weighted by Gasteiger charge is 2.08. The molecule has 1 amide bonds. The molecule has 2 rings (SSSR count). The number of H-pyrrole nitrogens is 1. The van der Waals surface area contributed by atoms with Crippen molar-refractivity contribution in [3.05, 3.63) is 56.9 Å². The summed E-state index contributed by atoms with van der Waals surface area (Å²) in [6.07, 6.45) is 1.37. The molecule has 19 heavy (non-hydrogen) atoms. The van der Waals surface area contributed by atoms with Gasteiger partial charge in [-0.15, -0.1) is 0 Å². The van der Waals surface area contributed by atoms with Crippen LogP contribution in [0.25, 0.3) is 0 Å². The number of nitrogens with one attached hydrogen (secondary N) is 2. The SMILES string of the molecule is COc1cc(NC(=O)c2ccc(=O)[nH]c2)ccc1Br. The van der Waals surface area contributed by atoms with E-state index in [0.717, 1.165) is 4.47 Å². The standard InChI is InChI=1S/C13H11BrN2O3/c1-19-11-6-9(3-4-10(11)14)16-13(18)8-2-5-12(17)15-7-8/h2-7H,1H3,(H,15,17)(H,16,18). The van der Waals surface area contributed by atoms with Crippen molar-refractivity contribution in [2.75, 3.05) is 12.4 Å². The number of aromatic nitrogens is 1. The van der Waals surface area contributed by atoms with E-state index < -0.39 is 0 Å². The number of ether oxygens (including phenoxy) is 1. The highest BCUT2D eigenvalue weighted by atomic mass is 79.9. The van der Waals surface area contributed by atoms with Crippen molar-refractivity contribution in [3.63, 3.8) is 0 Å². The van der Waals surface area contributed by atoms with Gasteiger partial charge in [0.25, 0.3) is 5.91 Å². The molecule has 0 bridgehead atoms.